The van der Waals surface area contributed by atoms with Crippen LogP contribution in [0.1, 0.15) is 37.3 Å². The van der Waals surface area contributed by atoms with Crippen LogP contribution in [0.25, 0.3) is 0 Å². The van der Waals surface area contributed by atoms with Crippen molar-refractivity contribution in [2.24, 2.45) is 5.92 Å². The average Bonchev–Trinajstić information content (AvgIpc) is 2.46. The minimum Gasteiger partial charge on any atom is -0.381 e. The fraction of sp³-hybridized carbons (Fsp3) is 0.647. The summed E-state index contributed by atoms with van der Waals surface area (Å²) in [5, 5.41) is 4.62. The number of hydrogen-bond acceptors (Lipinski definition) is 2. The van der Waals surface area contributed by atoms with Gasteiger partial charge in [0.25, 0.3) is 0 Å². The van der Waals surface area contributed by atoms with Gasteiger partial charge in [0.2, 0.25) is 0 Å². The maximum Gasteiger partial charge on any atom is 0.0469 e. The predicted molar refractivity (Wildman–Crippen MR) is 85.5 cm³/mol. The molecule has 0 aromatic heterocycles. The van der Waals surface area contributed by atoms with Gasteiger partial charge >= 0.3 is 0 Å². The number of aryl methyl sites for hydroxylation is 1. The lowest BCUT2D eigenvalue weighted by molar-refractivity contribution is 0.0538. The molecule has 1 atom stereocenters. The van der Waals surface area contributed by atoms with E-state index in [9.17, 15) is 0 Å². The van der Waals surface area contributed by atoms with Crippen LogP contribution in [0.3, 0.4) is 0 Å². The number of ether oxygens (including phenoxy) is 1. The molecule has 0 saturated carbocycles. The van der Waals surface area contributed by atoms with Crippen LogP contribution in [0.15, 0.2) is 18.2 Å². The van der Waals surface area contributed by atoms with Crippen LogP contribution in [0.4, 0.5) is 0 Å². The van der Waals surface area contributed by atoms with E-state index in [4.69, 9.17) is 16.3 Å². The highest BCUT2D eigenvalue weighted by Crippen LogP contribution is 2.25. The van der Waals surface area contributed by atoms with Crippen molar-refractivity contribution in [3.63, 3.8) is 0 Å². The Labute approximate surface area is 127 Å². The SMILES string of the molecule is CCCNC(Cc1ccc(C)cc1Cl)C1CCOCC1. The Morgan fingerprint density at radius 2 is 2.10 bits per heavy atom. The summed E-state index contributed by atoms with van der Waals surface area (Å²) in [5.41, 5.74) is 2.49. The summed E-state index contributed by atoms with van der Waals surface area (Å²) in [5.74, 6) is 0.702. The summed E-state index contributed by atoms with van der Waals surface area (Å²) >= 11 is 6.39. The fourth-order valence-electron chi connectivity index (χ4n) is 2.91. The first-order valence-electron chi connectivity index (χ1n) is 7.77. The number of hydrogen-bond donors (Lipinski definition) is 1. The molecule has 2 nitrogen and oxygen atoms in total. The third-order valence-corrected chi connectivity index (χ3v) is 4.49. The lowest BCUT2D eigenvalue weighted by Gasteiger charge is -2.31. The zero-order valence-electron chi connectivity index (χ0n) is 12.6. The molecule has 0 aliphatic carbocycles. The number of nitrogens with one attached hydrogen (secondary N) is 1. The molecule has 112 valence electrons. The summed E-state index contributed by atoms with van der Waals surface area (Å²) in [6.07, 6.45) is 4.50. The normalized spacial score (nSPS) is 18.1. The highest BCUT2D eigenvalue weighted by molar-refractivity contribution is 6.31. The van der Waals surface area contributed by atoms with Gasteiger partial charge in [-0.3, -0.25) is 0 Å². The summed E-state index contributed by atoms with van der Waals surface area (Å²) in [6, 6.07) is 6.91. The van der Waals surface area contributed by atoms with Gasteiger partial charge in [0.1, 0.15) is 0 Å². The highest BCUT2D eigenvalue weighted by Gasteiger charge is 2.24. The Balaban J connectivity index is 2.05. The molecule has 1 saturated heterocycles. The minimum absolute atomic E-state index is 0.513. The van der Waals surface area contributed by atoms with Crippen molar-refractivity contribution in [2.45, 2.75) is 45.6 Å². The van der Waals surface area contributed by atoms with E-state index in [-0.39, 0.29) is 0 Å². The molecular weight excluding hydrogens is 270 g/mol. The molecule has 0 spiro atoms. The van der Waals surface area contributed by atoms with Crippen molar-refractivity contribution in [1.82, 2.24) is 5.32 Å². The second kappa shape index (κ2) is 8.02. The average molecular weight is 296 g/mol. The molecule has 20 heavy (non-hydrogen) atoms. The van der Waals surface area contributed by atoms with Crippen LogP contribution >= 0.6 is 11.6 Å². The largest absolute Gasteiger partial charge is 0.381 e. The summed E-state index contributed by atoms with van der Waals surface area (Å²) in [7, 11) is 0. The number of rotatable bonds is 6. The van der Waals surface area contributed by atoms with Gasteiger partial charge in [-0.1, -0.05) is 30.7 Å². The summed E-state index contributed by atoms with van der Waals surface area (Å²) in [4.78, 5) is 0. The number of halogens is 1. The molecule has 3 heteroatoms. The van der Waals surface area contributed by atoms with E-state index in [0.717, 1.165) is 44.0 Å². The van der Waals surface area contributed by atoms with E-state index in [1.54, 1.807) is 0 Å². The minimum atomic E-state index is 0.513. The fourth-order valence-corrected chi connectivity index (χ4v) is 3.22. The standard InChI is InChI=1S/C17H26ClNO/c1-3-8-19-17(14-6-9-20-10-7-14)12-15-5-4-13(2)11-16(15)18/h4-5,11,14,17,19H,3,6-10,12H2,1-2H3. The maximum atomic E-state index is 6.39. The Morgan fingerprint density at radius 3 is 2.75 bits per heavy atom. The van der Waals surface area contributed by atoms with Gasteiger partial charge in [-0.2, -0.15) is 0 Å². The van der Waals surface area contributed by atoms with Gasteiger partial charge in [-0.05, 0) is 62.3 Å². The third kappa shape index (κ3) is 4.47. The van der Waals surface area contributed by atoms with Crippen LogP contribution < -0.4 is 5.32 Å². The first-order valence-corrected chi connectivity index (χ1v) is 8.14. The molecule has 1 aromatic carbocycles. The topological polar surface area (TPSA) is 21.3 Å². The van der Waals surface area contributed by atoms with Crippen molar-refractivity contribution in [2.75, 3.05) is 19.8 Å². The highest BCUT2D eigenvalue weighted by atomic mass is 35.5. The Morgan fingerprint density at radius 1 is 1.35 bits per heavy atom. The molecule has 1 aliphatic heterocycles. The van der Waals surface area contributed by atoms with Gasteiger partial charge < -0.3 is 10.1 Å². The molecular formula is C17H26ClNO. The third-order valence-electron chi connectivity index (χ3n) is 4.14. The zero-order valence-corrected chi connectivity index (χ0v) is 13.4. The summed E-state index contributed by atoms with van der Waals surface area (Å²) in [6.45, 7) is 7.17. The van der Waals surface area contributed by atoms with E-state index in [0.29, 0.717) is 12.0 Å². The molecule has 0 amide bonds. The maximum absolute atomic E-state index is 6.39. The second-order valence-electron chi connectivity index (χ2n) is 5.81. The quantitative estimate of drug-likeness (QED) is 0.857. The first-order chi connectivity index (χ1) is 9.70. The van der Waals surface area contributed by atoms with Gasteiger partial charge in [0, 0.05) is 24.3 Å². The smallest absolute Gasteiger partial charge is 0.0469 e. The molecule has 1 aromatic rings. The molecule has 1 fully saturated rings. The second-order valence-corrected chi connectivity index (χ2v) is 6.22. The Bertz CT molecular complexity index is 415. The lowest BCUT2D eigenvalue weighted by Crippen LogP contribution is -2.41. The van der Waals surface area contributed by atoms with E-state index in [2.05, 4.69) is 37.4 Å². The summed E-state index contributed by atoms with van der Waals surface area (Å²) < 4.78 is 5.49. The molecule has 2 rings (SSSR count). The van der Waals surface area contributed by atoms with Crippen molar-refractivity contribution in [1.29, 1.82) is 0 Å². The zero-order chi connectivity index (χ0) is 14.4. The van der Waals surface area contributed by atoms with Crippen molar-refractivity contribution < 1.29 is 4.74 Å². The monoisotopic (exact) mass is 295 g/mol. The molecule has 1 N–H and O–H groups in total. The van der Waals surface area contributed by atoms with Crippen LogP contribution in [0.2, 0.25) is 5.02 Å². The van der Waals surface area contributed by atoms with Crippen molar-refractivity contribution in [3.8, 4) is 0 Å². The molecule has 1 aliphatic rings. The van der Waals surface area contributed by atoms with Crippen molar-refractivity contribution >= 4 is 11.6 Å². The van der Waals surface area contributed by atoms with Gasteiger partial charge in [0.05, 0.1) is 0 Å². The number of benzene rings is 1. The molecule has 1 unspecified atom stereocenters. The van der Waals surface area contributed by atoms with Gasteiger partial charge in [-0.15, -0.1) is 0 Å². The van der Waals surface area contributed by atoms with E-state index in [1.807, 2.05) is 0 Å². The van der Waals surface area contributed by atoms with Crippen LogP contribution in [0.5, 0.6) is 0 Å². The Hall–Kier alpha value is -0.570. The first kappa shape index (κ1) is 15.8. The predicted octanol–water partition coefficient (Wildman–Crippen LogP) is 3.99. The van der Waals surface area contributed by atoms with Gasteiger partial charge in [0.15, 0.2) is 0 Å². The van der Waals surface area contributed by atoms with Crippen LogP contribution in [-0.4, -0.2) is 25.8 Å². The lowest BCUT2D eigenvalue weighted by atomic mass is 9.87. The van der Waals surface area contributed by atoms with Crippen molar-refractivity contribution in [3.05, 3.63) is 34.3 Å². The van der Waals surface area contributed by atoms with Crippen LogP contribution in [-0.2, 0) is 11.2 Å². The molecule has 0 radical (unpaired) electrons. The van der Waals surface area contributed by atoms with E-state index in [1.165, 1.54) is 17.5 Å². The molecule has 0 bridgehead atoms. The van der Waals surface area contributed by atoms with E-state index >= 15 is 0 Å². The van der Waals surface area contributed by atoms with Crippen LogP contribution in [0, 0.1) is 12.8 Å². The Kier molecular flexibility index (Phi) is 6.34. The van der Waals surface area contributed by atoms with E-state index < -0.39 is 0 Å². The molecule has 1 heterocycles. The van der Waals surface area contributed by atoms with Gasteiger partial charge in [-0.25, -0.2) is 0 Å².